The van der Waals surface area contributed by atoms with Crippen LogP contribution in [0, 0.1) is 0 Å². The molecular formula is C83H58N4O. The third kappa shape index (κ3) is 7.53. The fourth-order valence-corrected chi connectivity index (χ4v) is 13.5. The molecule has 0 aliphatic carbocycles. The van der Waals surface area contributed by atoms with E-state index in [4.69, 9.17) is 19.5 Å². The van der Waals surface area contributed by atoms with E-state index >= 15 is 0 Å². The maximum Gasteiger partial charge on any atom is 0.159 e. The molecule has 0 amide bonds. The summed E-state index contributed by atoms with van der Waals surface area (Å²) in [5, 5.41) is 0.516. The number of furan rings is 1. The van der Waals surface area contributed by atoms with E-state index in [2.05, 4.69) is 56.0 Å². The lowest BCUT2D eigenvalue weighted by Crippen LogP contribution is -2.30. The lowest BCUT2D eigenvalue weighted by Gasteiger charge is -2.46. The summed E-state index contributed by atoms with van der Waals surface area (Å²) in [5.74, 6) is -0.769. The van der Waals surface area contributed by atoms with Gasteiger partial charge in [-0.3, -0.25) is 0 Å². The summed E-state index contributed by atoms with van der Waals surface area (Å²) in [4.78, 5) is 4.21. The van der Waals surface area contributed by atoms with Crippen LogP contribution in [0.1, 0.15) is 77.7 Å². The van der Waals surface area contributed by atoms with E-state index in [0.717, 1.165) is 33.4 Å². The largest absolute Gasteiger partial charge is 0.452 e. The van der Waals surface area contributed by atoms with Gasteiger partial charge in [0.05, 0.1) is 85.0 Å². The summed E-state index contributed by atoms with van der Waals surface area (Å²) in [6, 6.07) is 41.0. The maximum absolute atomic E-state index is 9.67. The molecule has 18 rings (SSSR count). The average molecular weight is 1150 g/mol. The minimum absolute atomic E-state index is 0.0253. The van der Waals surface area contributed by atoms with Crippen molar-refractivity contribution in [3.8, 4) is 44.8 Å². The lowest BCUT2D eigenvalue weighted by molar-refractivity contribution is 0.590. The normalized spacial score (nSPS) is 17.0. The molecule has 0 radical (unpaired) electrons. The molecule has 0 fully saturated rings. The van der Waals surface area contributed by atoms with E-state index in [9.17, 15) is 13.7 Å². The van der Waals surface area contributed by atoms with Gasteiger partial charge < -0.3 is 23.4 Å². The zero-order valence-corrected chi connectivity index (χ0v) is 47.4. The smallest absolute Gasteiger partial charge is 0.159 e. The Bertz CT molecular complexity index is 6580. The van der Waals surface area contributed by atoms with Gasteiger partial charge in [0.1, 0.15) is 0 Å². The molecule has 0 bridgehead atoms. The molecule has 2 aliphatic rings. The molecule has 3 aromatic heterocycles. The van der Waals surface area contributed by atoms with E-state index < -0.39 is 138 Å². The highest BCUT2D eigenvalue weighted by Crippen LogP contribution is 2.63. The number of para-hydroxylation sites is 6. The Kier molecular flexibility index (Phi) is 7.31. The van der Waals surface area contributed by atoms with Crippen LogP contribution in [0.2, 0.25) is 0 Å². The van der Waals surface area contributed by atoms with Crippen molar-refractivity contribution in [1.29, 1.82) is 0 Å². The summed E-state index contributed by atoms with van der Waals surface area (Å²) in [7, 11) is 0. The number of anilines is 6. The van der Waals surface area contributed by atoms with Crippen LogP contribution in [0.3, 0.4) is 0 Å². The van der Waals surface area contributed by atoms with Gasteiger partial charge in [-0.1, -0.05) is 227 Å². The van der Waals surface area contributed by atoms with Gasteiger partial charge in [0.2, 0.25) is 0 Å². The first-order chi connectivity index (χ1) is 52.0. The highest BCUT2D eigenvalue weighted by molar-refractivity contribution is 6.16. The van der Waals surface area contributed by atoms with Gasteiger partial charge in [-0.05, 0) is 140 Å². The standard InChI is InChI=1S/C83H58N4O/c1-83(2,3)58-49-77-80-78(50-58)87(74-40-22-34-66-65-33-21-39-73(81(65)88-82(66)74)86-71-37-19-15-31-63(71)64-32-16-20-38-72(64)86)76-51-59(84-69-35-17-13-29-61(69)62-30-14-18-36-70(62)84)42-44-68(76)79(80)67-43-41-55(52-23-7-4-8-24-52)48-75(67)85(77)60-46-56(53-25-9-5-10-26-53)45-57(47-60)54-27-11-6-12-28-54/h4-51,79H,1-3H3/i4D,7D,8D,13D,14D,15D,16D,17D,18D,19D,20D,23D,24D,29D,30D,31D,32D,35D,36D,37D,38D. The summed E-state index contributed by atoms with van der Waals surface area (Å²) in [6.45, 7) is 6.26. The minimum atomic E-state index is -0.769. The Labute approximate surface area is 540 Å². The fourth-order valence-electron chi connectivity index (χ4n) is 13.5. The molecule has 13 aromatic carbocycles. The molecule has 1 unspecified atom stereocenters. The summed E-state index contributed by atoms with van der Waals surface area (Å²) >= 11 is 0. The van der Waals surface area contributed by atoms with Crippen LogP contribution in [-0.4, -0.2) is 9.13 Å². The van der Waals surface area contributed by atoms with E-state index in [0.29, 0.717) is 61.6 Å². The van der Waals surface area contributed by atoms with Gasteiger partial charge in [-0.2, -0.15) is 0 Å². The van der Waals surface area contributed by atoms with Crippen LogP contribution >= 0.6 is 0 Å². The molecular weight excluding hydrogens is 1070 g/mol. The SMILES string of the molecule is [2H]c1c([2H])c([2H])c(-c2ccc3c(c2)N(c2cc(-c4ccccc4)cc(-c4ccccc4)c2)c2cc(C(C)(C)C)cc4c2C3c2ccc(-n3c5c([2H])c([2H])c([2H])c([2H])c5c5c([2H])c([2H])c([2H])c([2H])c53)cc2N4c2cccc3c2oc2c(-n4c5c([2H])c([2H])c([2H])c([2H])c5c5c([2H])c([2H])c([2H])c([2H])c54)cccc23)c([2H])c1[2H]. The van der Waals surface area contributed by atoms with Crippen molar-refractivity contribution in [2.45, 2.75) is 32.1 Å². The van der Waals surface area contributed by atoms with E-state index in [-0.39, 0.29) is 71.7 Å². The van der Waals surface area contributed by atoms with Crippen molar-refractivity contribution in [1.82, 2.24) is 9.13 Å². The third-order valence-corrected chi connectivity index (χ3v) is 17.4. The average Bonchev–Trinajstić information content (AvgIpc) is 1.68. The molecule has 0 N–H and O–H groups in total. The Hall–Kier alpha value is -11.1. The molecule has 0 saturated carbocycles. The van der Waals surface area contributed by atoms with Gasteiger partial charge in [0, 0.05) is 55.2 Å². The van der Waals surface area contributed by atoms with Gasteiger partial charge in [-0.25, -0.2) is 0 Å². The van der Waals surface area contributed by atoms with Crippen molar-refractivity contribution >= 4 is 99.7 Å². The van der Waals surface area contributed by atoms with Gasteiger partial charge in [0.25, 0.3) is 0 Å². The molecule has 1 atom stereocenters. The number of fused-ring (bicyclic) bond motifs is 13. The molecule has 0 saturated heterocycles. The first kappa shape index (κ1) is 33.5. The molecule has 416 valence electrons. The van der Waals surface area contributed by atoms with Gasteiger partial charge in [-0.15, -0.1) is 0 Å². The highest BCUT2D eigenvalue weighted by atomic mass is 16.3. The van der Waals surface area contributed by atoms with Crippen LogP contribution in [0.4, 0.5) is 34.1 Å². The number of aromatic nitrogens is 2. The van der Waals surface area contributed by atoms with E-state index in [1.807, 2.05) is 114 Å². The molecule has 5 heterocycles. The number of hydrogen-bond acceptors (Lipinski definition) is 3. The lowest BCUT2D eigenvalue weighted by atomic mass is 9.73. The molecule has 2 aliphatic heterocycles. The third-order valence-electron chi connectivity index (χ3n) is 17.4. The molecule has 88 heavy (non-hydrogen) atoms. The monoisotopic (exact) mass is 1150 g/mol. The van der Waals surface area contributed by atoms with E-state index in [1.54, 1.807) is 24.3 Å². The second-order valence-electron chi connectivity index (χ2n) is 23.3. The number of hydrogen-bond donors (Lipinski definition) is 0. The minimum Gasteiger partial charge on any atom is -0.452 e. The summed E-state index contributed by atoms with van der Waals surface area (Å²) in [6.07, 6.45) is 0. The number of nitrogens with zero attached hydrogens (tertiary/aromatic N) is 4. The van der Waals surface area contributed by atoms with Gasteiger partial charge >= 0.3 is 0 Å². The van der Waals surface area contributed by atoms with Crippen LogP contribution in [0.15, 0.2) is 295 Å². The first-order valence-electron chi connectivity index (χ1n) is 39.4. The second kappa shape index (κ2) is 19.2. The van der Waals surface area contributed by atoms with Crippen LogP contribution < -0.4 is 9.80 Å². The maximum atomic E-state index is 9.67. The molecule has 5 heteroatoms. The molecule has 16 aromatic rings. The highest BCUT2D eigenvalue weighted by Gasteiger charge is 2.43. The summed E-state index contributed by atoms with van der Waals surface area (Å²) < 4.78 is 203. The number of rotatable bonds is 7. The first-order valence-corrected chi connectivity index (χ1v) is 28.9. The number of benzene rings is 13. The van der Waals surface area contributed by atoms with Gasteiger partial charge in [0.15, 0.2) is 11.2 Å². The Morgan fingerprint density at radius 2 is 0.818 bits per heavy atom. The Morgan fingerprint density at radius 3 is 1.39 bits per heavy atom. The van der Waals surface area contributed by atoms with Crippen LogP contribution in [-0.2, 0) is 5.41 Å². The molecule has 0 spiro atoms. The van der Waals surface area contributed by atoms with Crippen molar-refractivity contribution < 1.29 is 33.2 Å². The fraction of sp³-hybridized carbons (Fsp3) is 0.0602. The van der Waals surface area contributed by atoms with Crippen molar-refractivity contribution in [3.05, 3.63) is 313 Å². The van der Waals surface area contributed by atoms with Crippen molar-refractivity contribution in [2.24, 2.45) is 0 Å². The van der Waals surface area contributed by atoms with Crippen molar-refractivity contribution in [2.75, 3.05) is 9.80 Å². The zero-order valence-electron chi connectivity index (χ0n) is 68.4. The molecule has 5 nitrogen and oxygen atoms in total. The van der Waals surface area contributed by atoms with Crippen molar-refractivity contribution in [3.63, 3.8) is 0 Å². The Balaban J connectivity index is 1.00. The van der Waals surface area contributed by atoms with E-state index in [1.165, 1.54) is 9.13 Å². The van der Waals surface area contributed by atoms with Crippen LogP contribution in [0.5, 0.6) is 0 Å². The second-order valence-corrected chi connectivity index (χ2v) is 23.3. The summed E-state index contributed by atoms with van der Waals surface area (Å²) in [5.41, 5.74) is 9.80. The topological polar surface area (TPSA) is 29.5 Å². The zero-order chi connectivity index (χ0) is 76.6. The quantitative estimate of drug-likeness (QED) is 0.159. The van der Waals surface area contributed by atoms with Crippen LogP contribution in [0.25, 0.3) is 110 Å². The predicted octanol–water partition coefficient (Wildman–Crippen LogP) is 22.8. The predicted molar refractivity (Wildman–Crippen MR) is 368 cm³/mol. The Morgan fingerprint density at radius 1 is 0.330 bits per heavy atom.